The number of nitrogens with two attached hydrogens (primary N) is 1. The molecule has 0 aromatic rings. The molecule has 0 amide bonds. The lowest BCUT2D eigenvalue weighted by molar-refractivity contribution is 0.240. The molecule has 0 aromatic carbocycles. The highest BCUT2D eigenvalue weighted by molar-refractivity contribution is 7.92. The van der Waals surface area contributed by atoms with Gasteiger partial charge in [0.15, 0.2) is 9.84 Å². The van der Waals surface area contributed by atoms with Crippen molar-refractivity contribution in [3.63, 3.8) is 0 Å². The van der Waals surface area contributed by atoms with E-state index in [9.17, 15) is 8.42 Å². The van der Waals surface area contributed by atoms with Crippen molar-refractivity contribution in [2.45, 2.75) is 13.8 Å². The van der Waals surface area contributed by atoms with Gasteiger partial charge in [0.2, 0.25) is 0 Å². The van der Waals surface area contributed by atoms with Gasteiger partial charge in [0, 0.05) is 12.0 Å². The van der Waals surface area contributed by atoms with Crippen molar-refractivity contribution < 1.29 is 8.42 Å². The third-order valence-electron chi connectivity index (χ3n) is 2.65. The van der Waals surface area contributed by atoms with E-state index in [-0.39, 0.29) is 16.9 Å². The van der Waals surface area contributed by atoms with Crippen molar-refractivity contribution in [3.8, 4) is 0 Å². The van der Waals surface area contributed by atoms with E-state index in [4.69, 9.17) is 5.73 Å². The van der Waals surface area contributed by atoms with Gasteiger partial charge in [0.25, 0.3) is 0 Å². The molecule has 0 atom stereocenters. The summed E-state index contributed by atoms with van der Waals surface area (Å²) >= 11 is 0. The maximum Gasteiger partial charge on any atom is 0.151 e. The van der Waals surface area contributed by atoms with Crippen LogP contribution in [0.1, 0.15) is 13.8 Å². The van der Waals surface area contributed by atoms with Crippen LogP contribution in [0.25, 0.3) is 0 Å². The molecular weight excluding hydrogens is 162 g/mol. The van der Waals surface area contributed by atoms with Crippen molar-refractivity contribution in [2.24, 2.45) is 17.1 Å². The summed E-state index contributed by atoms with van der Waals surface area (Å²) in [7, 11) is -2.73. The van der Waals surface area contributed by atoms with Gasteiger partial charge in [0.05, 0.1) is 11.5 Å². The normalized spacial score (nSPS) is 26.5. The van der Waals surface area contributed by atoms with Crippen molar-refractivity contribution in [1.82, 2.24) is 0 Å². The molecule has 1 fully saturated rings. The molecule has 1 rings (SSSR count). The van der Waals surface area contributed by atoms with Crippen LogP contribution < -0.4 is 5.73 Å². The average Bonchev–Trinajstić information content (AvgIpc) is 1.81. The Balaban J connectivity index is 2.72. The van der Waals surface area contributed by atoms with Gasteiger partial charge in [0.1, 0.15) is 0 Å². The van der Waals surface area contributed by atoms with Crippen LogP contribution in [-0.4, -0.2) is 26.5 Å². The van der Waals surface area contributed by atoms with Crippen LogP contribution in [0.2, 0.25) is 0 Å². The van der Waals surface area contributed by atoms with Gasteiger partial charge in [-0.1, -0.05) is 13.8 Å². The number of hydrogen-bond donors (Lipinski definition) is 1. The fraction of sp³-hybridized carbons (Fsp3) is 1.00. The van der Waals surface area contributed by atoms with E-state index in [1.165, 1.54) is 0 Å². The highest BCUT2D eigenvalue weighted by Gasteiger charge is 2.49. The van der Waals surface area contributed by atoms with Gasteiger partial charge in [-0.05, 0) is 5.92 Å². The van der Waals surface area contributed by atoms with Crippen LogP contribution >= 0.6 is 0 Å². The third kappa shape index (κ3) is 1.42. The molecule has 0 unspecified atom stereocenters. The van der Waals surface area contributed by atoms with E-state index in [1.54, 1.807) is 0 Å². The highest BCUT2D eigenvalue weighted by atomic mass is 32.2. The van der Waals surface area contributed by atoms with Crippen LogP contribution in [0, 0.1) is 11.3 Å². The summed E-state index contributed by atoms with van der Waals surface area (Å²) in [5.74, 6) is 0.943. The Morgan fingerprint density at radius 3 is 2.00 bits per heavy atom. The summed E-state index contributed by atoms with van der Waals surface area (Å²) in [6.07, 6.45) is 0. The van der Waals surface area contributed by atoms with Crippen LogP contribution in [0.4, 0.5) is 0 Å². The monoisotopic (exact) mass is 177 g/mol. The average molecular weight is 177 g/mol. The van der Waals surface area contributed by atoms with Gasteiger partial charge in [-0.2, -0.15) is 0 Å². The summed E-state index contributed by atoms with van der Waals surface area (Å²) in [6, 6.07) is 0. The van der Waals surface area contributed by atoms with Gasteiger partial charge in [-0.3, -0.25) is 0 Å². The molecule has 2 N–H and O–H groups in total. The molecule has 3 nitrogen and oxygen atoms in total. The van der Waals surface area contributed by atoms with Gasteiger partial charge < -0.3 is 5.73 Å². The maximum absolute atomic E-state index is 10.9. The molecule has 0 bridgehead atoms. The minimum atomic E-state index is -2.73. The number of sulfone groups is 1. The van der Waals surface area contributed by atoms with Crippen molar-refractivity contribution in [2.75, 3.05) is 18.1 Å². The predicted octanol–water partition coefficient (Wildman–Crippen LogP) is 0.0159. The minimum absolute atomic E-state index is 0.112. The zero-order valence-corrected chi connectivity index (χ0v) is 7.82. The second-order valence-corrected chi connectivity index (χ2v) is 5.82. The molecule has 0 aromatic heterocycles. The van der Waals surface area contributed by atoms with Crippen LogP contribution in [0.3, 0.4) is 0 Å². The third-order valence-corrected chi connectivity index (χ3v) is 4.68. The number of hydrogen-bond acceptors (Lipinski definition) is 3. The molecule has 1 aliphatic heterocycles. The fourth-order valence-electron chi connectivity index (χ4n) is 1.52. The Hall–Kier alpha value is -0.0900. The van der Waals surface area contributed by atoms with Gasteiger partial charge in [-0.15, -0.1) is 0 Å². The van der Waals surface area contributed by atoms with Crippen LogP contribution in [-0.2, 0) is 9.84 Å². The molecule has 66 valence electrons. The number of rotatable bonds is 2. The summed E-state index contributed by atoms with van der Waals surface area (Å²) in [4.78, 5) is 0. The minimum Gasteiger partial charge on any atom is -0.330 e. The SMILES string of the molecule is CC(C)C1(CN)CS(=O)(=O)C1. The molecule has 0 aliphatic carbocycles. The van der Waals surface area contributed by atoms with E-state index in [1.807, 2.05) is 13.8 Å². The molecule has 11 heavy (non-hydrogen) atoms. The first-order valence-electron chi connectivity index (χ1n) is 3.82. The standard InChI is InChI=1S/C7H15NO2S/c1-6(2)7(3-8)4-11(9,10)5-7/h6H,3-5,8H2,1-2H3. The van der Waals surface area contributed by atoms with Gasteiger partial charge in [-0.25, -0.2) is 8.42 Å². The zero-order chi connectivity index (χ0) is 8.70. The second kappa shape index (κ2) is 2.45. The van der Waals surface area contributed by atoms with Crippen LogP contribution in [0.5, 0.6) is 0 Å². The highest BCUT2D eigenvalue weighted by Crippen LogP contribution is 2.38. The zero-order valence-electron chi connectivity index (χ0n) is 7.00. The van der Waals surface area contributed by atoms with Crippen molar-refractivity contribution in [3.05, 3.63) is 0 Å². The van der Waals surface area contributed by atoms with Crippen molar-refractivity contribution >= 4 is 9.84 Å². The van der Waals surface area contributed by atoms with E-state index in [0.29, 0.717) is 12.5 Å². The lowest BCUT2D eigenvalue weighted by atomic mass is 9.80. The molecule has 1 saturated heterocycles. The Labute approximate surface area is 67.9 Å². The Morgan fingerprint density at radius 1 is 1.45 bits per heavy atom. The first kappa shape index (κ1) is 9.00. The van der Waals surface area contributed by atoms with Crippen molar-refractivity contribution in [1.29, 1.82) is 0 Å². The summed E-state index contributed by atoms with van der Waals surface area (Å²) in [6.45, 7) is 4.55. The van der Waals surface area contributed by atoms with Crippen LogP contribution in [0.15, 0.2) is 0 Å². The smallest absolute Gasteiger partial charge is 0.151 e. The molecule has 1 aliphatic rings. The summed E-state index contributed by atoms with van der Waals surface area (Å²) in [5, 5.41) is 0. The summed E-state index contributed by atoms with van der Waals surface area (Å²) in [5.41, 5.74) is 5.41. The lowest BCUT2D eigenvalue weighted by Crippen LogP contribution is -2.56. The first-order chi connectivity index (χ1) is 4.92. The first-order valence-corrected chi connectivity index (χ1v) is 5.64. The Bertz CT molecular complexity index is 231. The lowest BCUT2D eigenvalue weighted by Gasteiger charge is -2.43. The largest absolute Gasteiger partial charge is 0.330 e. The second-order valence-electron chi connectivity index (χ2n) is 3.75. The summed E-state index contributed by atoms with van der Waals surface area (Å²) < 4.78 is 21.8. The topological polar surface area (TPSA) is 60.2 Å². The molecule has 1 heterocycles. The molecule has 4 heteroatoms. The predicted molar refractivity (Wildman–Crippen MR) is 45.0 cm³/mol. The fourth-order valence-corrected chi connectivity index (χ4v) is 4.09. The quantitative estimate of drug-likeness (QED) is 0.646. The molecular formula is C7H15NO2S. The van der Waals surface area contributed by atoms with Gasteiger partial charge >= 0.3 is 0 Å². The molecule has 0 spiro atoms. The molecule has 0 radical (unpaired) electrons. The van der Waals surface area contributed by atoms with E-state index < -0.39 is 9.84 Å². The Morgan fingerprint density at radius 2 is 1.91 bits per heavy atom. The van der Waals surface area contributed by atoms with E-state index >= 15 is 0 Å². The maximum atomic E-state index is 10.9. The Kier molecular flexibility index (Phi) is 2.01. The molecule has 0 saturated carbocycles. The van der Waals surface area contributed by atoms with E-state index in [0.717, 1.165) is 0 Å². The van der Waals surface area contributed by atoms with E-state index in [2.05, 4.69) is 0 Å².